The number of nitrogens with one attached hydrogen (secondary N) is 1. The Labute approximate surface area is 140 Å². The van der Waals surface area contributed by atoms with Gasteiger partial charge in [0.1, 0.15) is 5.82 Å². The highest BCUT2D eigenvalue weighted by Gasteiger charge is 2.34. The van der Waals surface area contributed by atoms with E-state index in [2.05, 4.69) is 5.32 Å². The Kier molecular flexibility index (Phi) is 4.60. The molecule has 0 radical (unpaired) electrons. The van der Waals surface area contributed by atoms with Crippen molar-refractivity contribution < 1.29 is 14.0 Å². The molecule has 0 aromatic heterocycles. The van der Waals surface area contributed by atoms with Gasteiger partial charge < -0.3 is 10.2 Å². The van der Waals surface area contributed by atoms with E-state index in [-0.39, 0.29) is 24.1 Å². The molecule has 0 aliphatic carbocycles. The normalized spacial score (nSPS) is 17.2. The summed E-state index contributed by atoms with van der Waals surface area (Å²) in [6.07, 6.45) is 0.188. The maximum absolute atomic E-state index is 13.6. The first-order chi connectivity index (χ1) is 11.5. The number of hydrogen-bond acceptors (Lipinski definition) is 2. The molecule has 0 bridgehead atoms. The van der Waals surface area contributed by atoms with Gasteiger partial charge in [-0.2, -0.15) is 0 Å². The minimum Gasteiger partial charge on any atom is -0.338 e. The zero-order valence-electron chi connectivity index (χ0n) is 13.5. The van der Waals surface area contributed by atoms with Crippen LogP contribution in [0.3, 0.4) is 0 Å². The molecular formula is C19H19FN2O2. The van der Waals surface area contributed by atoms with Gasteiger partial charge in [-0.1, -0.05) is 36.4 Å². The van der Waals surface area contributed by atoms with E-state index in [9.17, 15) is 14.0 Å². The molecule has 0 unspecified atom stereocenters. The highest BCUT2D eigenvalue weighted by atomic mass is 19.1. The van der Waals surface area contributed by atoms with Crippen molar-refractivity contribution in [3.05, 3.63) is 65.5 Å². The first-order valence-corrected chi connectivity index (χ1v) is 7.91. The van der Waals surface area contributed by atoms with Crippen LogP contribution in [0.1, 0.15) is 17.5 Å². The van der Waals surface area contributed by atoms with E-state index in [0.29, 0.717) is 24.3 Å². The number of hydrogen-bond donors (Lipinski definition) is 1. The Morgan fingerprint density at radius 2 is 2.00 bits per heavy atom. The van der Waals surface area contributed by atoms with Crippen molar-refractivity contribution in [3.63, 3.8) is 0 Å². The van der Waals surface area contributed by atoms with E-state index in [1.165, 1.54) is 6.07 Å². The molecule has 124 valence electrons. The summed E-state index contributed by atoms with van der Waals surface area (Å²) in [5.41, 5.74) is 1.97. The van der Waals surface area contributed by atoms with Crippen LogP contribution in [0.5, 0.6) is 0 Å². The van der Waals surface area contributed by atoms with Crippen LogP contribution in [0.2, 0.25) is 0 Å². The van der Waals surface area contributed by atoms with E-state index in [1.54, 1.807) is 24.0 Å². The predicted octanol–water partition coefficient (Wildman–Crippen LogP) is 3.12. The van der Waals surface area contributed by atoms with Crippen LogP contribution in [0.15, 0.2) is 48.5 Å². The lowest BCUT2D eigenvalue weighted by Gasteiger charge is -2.16. The second-order valence-electron chi connectivity index (χ2n) is 6.11. The molecule has 24 heavy (non-hydrogen) atoms. The molecule has 1 fully saturated rings. The zero-order valence-corrected chi connectivity index (χ0v) is 13.5. The molecule has 2 aromatic carbocycles. The number of anilines is 1. The van der Waals surface area contributed by atoms with Gasteiger partial charge in [0.25, 0.3) is 0 Å². The fraction of sp³-hybridized carbons (Fsp3) is 0.263. The van der Waals surface area contributed by atoms with Crippen molar-refractivity contribution in [1.82, 2.24) is 4.90 Å². The smallest absolute Gasteiger partial charge is 0.229 e. The molecule has 1 saturated heterocycles. The van der Waals surface area contributed by atoms with Gasteiger partial charge in [0.05, 0.1) is 5.92 Å². The van der Waals surface area contributed by atoms with Crippen LogP contribution < -0.4 is 5.32 Å². The van der Waals surface area contributed by atoms with Gasteiger partial charge in [-0.15, -0.1) is 0 Å². The number of nitrogens with zero attached hydrogens (tertiary/aromatic N) is 1. The minimum absolute atomic E-state index is 0.0333. The Morgan fingerprint density at radius 1 is 1.25 bits per heavy atom. The van der Waals surface area contributed by atoms with Crippen LogP contribution in [-0.2, 0) is 16.1 Å². The lowest BCUT2D eigenvalue weighted by Crippen LogP contribution is -2.28. The molecule has 0 saturated carbocycles. The standard InChI is InChI=1S/C19H19FN2O2/c1-13-7-8-16(10-17(13)20)21-19(24)15-9-18(23)22(12-15)11-14-5-3-2-4-6-14/h2-8,10,15H,9,11-12H2,1H3,(H,21,24)/t15-/m0/s1. The lowest BCUT2D eigenvalue weighted by molar-refractivity contribution is -0.128. The third kappa shape index (κ3) is 3.62. The average molecular weight is 326 g/mol. The van der Waals surface area contributed by atoms with Gasteiger partial charge in [0, 0.05) is 25.2 Å². The van der Waals surface area contributed by atoms with E-state index >= 15 is 0 Å². The highest BCUT2D eigenvalue weighted by Crippen LogP contribution is 2.22. The molecule has 1 N–H and O–H groups in total. The molecule has 3 rings (SSSR count). The Morgan fingerprint density at radius 3 is 2.71 bits per heavy atom. The van der Waals surface area contributed by atoms with Crippen LogP contribution in [0.4, 0.5) is 10.1 Å². The zero-order chi connectivity index (χ0) is 17.1. The molecule has 1 heterocycles. The first-order valence-electron chi connectivity index (χ1n) is 7.91. The number of likely N-dealkylation sites (tertiary alicyclic amines) is 1. The number of halogens is 1. The number of rotatable bonds is 4. The fourth-order valence-corrected chi connectivity index (χ4v) is 2.82. The van der Waals surface area contributed by atoms with E-state index in [4.69, 9.17) is 0 Å². The topological polar surface area (TPSA) is 49.4 Å². The summed E-state index contributed by atoms with van der Waals surface area (Å²) >= 11 is 0. The van der Waals surface area contributed by atoms with E-state index < -0.39 is 5.92 Å². The number of amides is 2. The first kappa shape index (κ1) is 16.2. The quantitative estimate of drug-likeness (QED) is 0.938. The maximum atomic E-state index is 13.6. The number of aryl methyl sites for hydroxylation is 1. The van der Waals surface area contributed by atoms with Gasteiger partial charge in [-0.3, -0.25) is 9.59 Å². The summed E-state index contributed by atoms with van der Waals surface area (Å²) in [4.78, 5) is 26.2. The molecule has 2 amide bonds. The third-order valence-corrected chi connectivity index (χ3v) is 4.24. The van der Waals surface area contributed by atoms with Crippen molar-refractivity contribution in [2.24, 2.45) is 5.92 Å². The number of carbonyl (C=O) groups is 2. The summed E-state index contributed by atoms with van der Waals surface area (Å²) in [6, 6.07) is 14.3. The third-order valence-electron chi connectivity index (χ3n) is 4.24. The lowest BCUT2D eigenvalue weighted by atomic mass is 10.1. The van der Waals surface area contributed by atoms with Crippen molar-refractivity contribution >= 4 is 17.5 Å². The molecule has 4 nitrogen and oxygen atoms in total. The SMILES string of the molecule is Cc1ccc(NC(=O)[C@H]2CC(=O)N(Cc3ccccc3)C2)cc1F. The summed E-state index contributed by atoms with van der Waals surface area (Å²) in [5.74, 6) is -1.05. The van der Waals surface area contributed by atoms with Gasteiger partial charge in [0.2, 0.25) is 11.8 Å². The largest absolute Gasteiger partial charge is 0.338 e. The van der Waals surface area contributed by atoms with Crippen LogP contribution in [-0.4, -0.2) is 23.3 Å². The predicted molar refractivity (Wildman–Crippen MR) is 89.7 cm³/mol. The van der Waals surface area contributed by atoms with Gasteiger partial charge in [-0.25, -0.2) is 4.39 Å². The molecule has 1 aliphatic heterocycles. The minimum atomic E-state index is -0.412. The van der Waals surface area contributed by atoms with Gasteiger partial charge in [-0.05, 0) is 30.2 Å². The van der Waals surface area contributed by atoms with Crippen LogP contribution >= 0.6 is 0 Å². The highest BCUT2D eigenvalue weighted by molar-refractivity contribution is 5.97. The summed E-state index contributed by atoms with van der Waals surface area (Å²) in [7, 11) is 0. The molecule has 2 aromatic rings. The fourth-order valence-electron chi connectivity index (χ4n) is 2.82. The second kappa shape index (κ2) is 6.83. The Bertz CT molecular complexity index is 761. The number of benzene rings is 2. The van der Waals surface area contributed by atoms with Gasteiger partial charge >= 0.3 is 0 Å². The molecule has 1 atom stereocenters. The van der Waals surface area contributed by atoms with Crippen LogP contribution in [0.25, 0.3) is 0 Å². The molecule has 0 spiro atoms. The van der Waals surface area contributed by atoms with E-state index in [0.717, 1.165) is 5.56 Å². The Balaban J connectivity index is 1.62. The van der Waals surface area contributed by atoms with Crippen LogP contribution in [0, 0.1) is 18.7 Å². The van der Waals surface area contributed by atoms with Crippen molar-refractivity contribution in [3.8, 4) is 0 Å². The van der Waals surface area contributed by atoms with Crippen molar-refractivity contribution in [1.29, 1.82) is 0 Å². The summed E-state index contributed by atoms with van der Waals surface area (Å²) in [5, 5.41) is 2.70. The molecule has 1 aliphatic rings. The number of carbonyl (C=O) groups excluding carboxylic acids is 2. The molecule has 5 heteroatoms. The van der Waals surface area contributed by atoms with Crippen molar-refractivity contribution in [2.45, 2.75) is 19.9 Å². The monoisotopic (exact) mass is 326 g/mol. The summed E-state index contributed by atoms with van der Waals surface area (Å²) in [6.45, 7) is 2.55. The Hall–Kier alpha value is -2.69. The maximum Gasteiger partial charge on any atom is 0.229 e. The average Bonchev–Trinajstić information content (AvgIpc) is 2.93. The van der Waals surface area contributed by atoms with Gasteiger partial charge in [0.15, 0.2) is 0 Å². The van der Waals surface area contributed by atoms with Crippen molar-refractivity contribution in [2.75, 3.05) is 11.9 Å². The summed E-state index contributed by atoms with van der Waals surface area (Å²) < 4.78 is 13.6. The van der Waals surface area contributed by atoms with E-state index in [1.807, 2.05) is 30.3 Å². The molecular weight excluding hydrogens is 307 g/mol. The second-order valence-corrected chi connectivity index (χ2v) is 6.11.